The van der Waals surface area contributed by atoms with Gasteiger partial charge in [0.05, 0.1) is 18.4 Å². The van der Waals surface area contributed by atoms with Gasteiger partial charge in [0, 0.05) is 23.1 Å². The Labute approximate surface area is 167 Å². The van der Waals surface area contributed by atoms with Gasteiger partial charge in [-0.15, -0.1) is 0 Å². The number of hydrazone groups is 1. The molecule has 2 aliphatic heterocycles. The van der Waals surface area contributed by atoms with Crippen LogP contribution in [-0.2, 0) is 0 Å². The van der Waals surface area contributed by atoms with Crippen LogP contribution in [0.3, 0.4) is 0 Å². The van der Waals surface area contributed by atoms with Crippen LogP contribution >= 0.6 is 11.3 Å². The van der Waals surface area contributed by atoms with Gasteiger partial charge in [-0.05, 0) is 41.9 Å². The summed E-state index contributed by atoms with van der Waals surface area (Å²) < 4.78 is 12.3. The summed E-state index contributed by atoms with van der Waals surface area (Å²) in [5.41, 5.74) is 3.76. The van der Waals surface area contributed by atoms with Crippen LogP contribution in [0.4, 0.5) is 0 Å². The SMILES string of the molecule is CCOc1cccc2c1O[C@H](c1ccsc1)N1N=C(c3ccccc3O)C[C@@H]21. The quantitative estimate of drug-likeness (QED) is 0.672. The van der Waals surface area contributed by atoms with Crippen molar-refractivity contribution >= 4 is 17.0 Å². The highest BCUT2D eigenvalue weighted by Crippen LogP contribution is 2.51. The van der Waals surface area contributed by atoms with Crippen LogP contribution in [0.5, 0.6) is 17.2 Å². The van der Waals surface area contributed by atoms with Gasteiger partial charge in [0.25, 0.3) is 0 Å². The molecule has 2 aliphatic rings. The highest BCUT2D eigenvalue weighted by Gasteiger charge is 2.42. The molecular formula is C22H20N2O3S. The zero-order valence-electron chi connectivity index (χ0n) is 15.4. The summed E-state index contributed by atoms with van der Waals surface area (Å²) in [5, 5.41) is 21.3. The van der Waals surface area contributed by atoms with Crippen molar-refractivity contribution in [2.24, 2.45) is 5.10 Å². The number of phenolic OH excluding ortho intramolecular Hbond substituents is 1. The number of nitrogens with zero attached hydrogens (tertiary/aromatic N) is 2. The molecule has 0 aliphatic carbocycles. The average molecular weight is 392 g/mol. The highest BCUT2D eigenvalue weighted by molar-refractivity contribution is 7.07. The van der Waals surface area contributed by atoms with Gasteiger partial charge < -0.3 is 14.6 Å². The maximum atomic E-state index is 10.3. The van der Waals surface area contributed by atoms with Crippen molar-refractivity contribution in [3.05, 3.63) is 76.0 Å². The Morgan fingerprint density at radius 1 is 1.21 bits per heavy atom. The third kappa shape index (κ3) is 2.72. The van der Waals surface area contributed by atoms with Crippen molar-refractivity contribution in [2.45, 2.75) is 25.6 Å². The van der Waals surface area contributed by atoms with Crippen molar-refractivity contribution in [3.8, 4) is 17.2 Å². The Bertz CT molecular complexity index is 1030. The molecule has 2 aromatic carbocycles. The number of para-hydroxylation sites is 2. The van der Waals surface area contributed by atoms with Gasteiger partial charge in [0.2, 0.25) is 6.23 Å². The minimum absolute atomic E-state index is 0.0312. The second-order valence-corrected chi connectivity index (χ2v) is 7.58. The molecule has 1 aromatic heterocycles. The minimum Gasteiger partial charge on any atom is -0.507 e. The summed E-state index contributed by atoms with van der Waals surface area (Å²) in [4.78, 5) is 0. The lowest BCUT2D eigenvalue weighted by molar-refractivity contribution is -0.0209. The van der Waals surface area contributed by atoms with E-state index in [-0.39, 0.29) is 18.0 Å². The van der Waals surface area contributed by atoms with E-state index in [0.29, 0.717) is 13.0 Å². The summed E-state index contributed by atoms with van der Waals surface area (Å²) in [6.07, 6.45) is 0.373. The molecule has 1 N–H and O–H groups in total. The number of hydrogen-bond donors (Lipinski definition) is 1. The van der Waals surface area contributed by atoms with Crippen LogP contribution in [0.15, 0.2) is 64.4 Å². The fraction of sp³-hybridized carbons (Fsp3) is 0.227. The van der Waals surface area contributed by atoms with E-state index >= 15 is 0 Å². The number of aromatic hydroxyl groups is 1. The van der Waals surface area contributed by atoms with Gasteiger partial charge in [-0.1, -0.05) is 24.3 Å². The van der Waals surface area contributed by atoms with E-state index in [9.17, 15) is 5.11 Å². The number of phenols is 1. The number of rotatable bonds is 4. The number of ether oxygens (including phenoxy) is 2. The first kappa shape index (κ1) is 17.1. The monoisotopic (exact) mass is 392 g/mol. The van der Waals surface area contributed by atoms with Gasteiger partial charge in [-0.3, -0.25) is 0 Å². The number of hydrogen-bond acceptors (Lipinski definition) is 6. The van der Waals surface area contributed by atoms with Gasteiger partial charge in [-0.2, -0.15) is 16.4 Å². The molecule has 0 amide bonds. The normalized spacial score (nSPS) is 20.2. The molecule has 2 atom stereocenters. The summed E-state index contributed by atoms with van der Waals surface area (Å²) in [6, 6.07) is 15.5. The molecule has 142 valence electrons. The molecule has 6 heteroatoms. The summed E-state index contributed by atoms with van der Waals surface area (Å²) in [5.74, 6) is 1.80. The molecule has 0 radical (unpaired) electrons. The van der Waals surface area contributed by atoms with Crippen LogP contribution in [0.2, 0.25) is 0 Å². The first-order valence-electron chi connectivity index (χ1n) is 9.35. The zero-order chi connectivity index (χ0) is 19.1. The molecule has 28 heavy (non-hydrogen) atoms. The van der Waals surface area contributed by atoms with Crippen molar-refractivity contribution in [1.82, 2.24) is 5.01 Å². The fourth-order valence-corrected chi connectivity index (χ4v) is 4.54. The van der Waals surface area contributed by atoms with Crippen molar-refractivity contribution in [2.75, 3.05) is 6.61 Å². The van der Waals surface area contributed by atoms with Crippen molar-refractivity contribution < 1.29 is 14.6 Å². The molecule has 0 bridgehead atoms. The minimum atomic E-state index is -0.325. The Balaban J connectivity index is 1.62. The fourth-order valence-electron chi connectivity index (χ4n) is 3.87. The largest absolute Gasteiger partial charge is 0.507 e. The predicted octanol–water partition coefficient (Wildman–Crippen LogP) is 5.09. The Kier molecular flexibility index (Phi) is 4.20. The van der Waals surface area contributed by atoms with Gasteiger partial charge in [0.1, 0.15) is 5.75 Å². The van der Waals surface area contributed by atoms with E-state index in [4.69, 9.17) is 14.6 Å². The summed E-state index contributed by atoms with van der Waals surface area (Å²) in [6.45, 7) is 2.55. The van der Waals surface area contributed by atoms with Crippen molar-refractivity contribution in [1.29, 1.82) is 0 Å². The van der Waals surface area contributed by atoms with E-state index in [1.165, 1.54) is 0 Å². The van der Waals surface area contributed by atoms with Gasteiger partial charge >= 0.3 is 0 Å². The molecule has 5 nitrogen and oxygen atoms in total. The van der Waals surface area contributed by atoms with E-state index in [1.807, 2.05) is 47.6 Å². The van der Waals surface area contributed by atoms with Crippen LogP contribution in [0.25, 0.3) is 0 Å². The summed E-state index contributed by atoms with van der Waals surface area (Å²) in [7, 11) is 0. The Hall–Kier alpha value is -2.99. The molecule has 0 saturated carbocycles. The maximum Gasteiger partial charge on any atom is 0.214 e. The van der Waals surface area contributed by atoms with E-state index in [0.717, 1.165) is 33.9 Å². The van der Waals surface area contributed by atoms with Crippen LogP contribution in [0, 0.1) is 0 Å². The Morgan fingerprint density at radius 2 is 2.11 bits per heavy atom. The topological polar surface area (TPSA) is 54.3 Å². The van der Waals surface area contributed by atoms with E-state index in [1.54, 1.807) is 17.4 Å². The number of thiophene rings is 1. The predicted molar refractivity (Wildman–Crippen MR) is 109 cm³/mol. The first-order valence-corrected chi connectivity index (χ1v) is 10.3. The van der Waals surface area contributed by atoms with Crippen LogP contribution in [-0.4, -0.2) is 22.4 Å². The summed E-state index contributed by atoms with van der Waals surface area (Å²) >= 11 is 1.64. The first-order chi connectivity index (χ1) is 13.8. The molecule has 5 rings (SSSR count). The average Bonchev–Trinajstić information content (AvgIpc) is 3.38. The lowest BCUT2D eigenvalue weighted by Gasteiger charge is -2.38. The molecule has 0 saturated heterocycles. The Morgan fingerprint density at radius 3 is 2.89 bits per heavy atom. The lowest BCUT2D eigenvalue weighted by atomic mass is 9.95. The molecular weight excluding hydrogens is 372 g/mol. The van der Waals surface area contributed by atoms with Crippen molar-refractivity contribution in [3.63, 3.8) is 0 Å². The third-order valence-electron chi connectivity index (χ3n) is 5.12. The van der Waals surface area contributed by atoms with Crippen LogP contribution < -0.4 is 9.47 Å². The third-order valence-corrected chi connectivity index (χ3v) is 5.82. The van der Waals surface area contributed by atoms with E-state index < -0.39 is 0 Å². The number of fused-ring (bicyclic) bond motifs is 3. The van der Waals surface area contributed by atoms with E-state index in [2.05, 4.69) is 17.5 Å². The molecule has 3 aromatic rings. The van der Waals surface area contributed by atoms with Gasteiger partial charge in [-0.25, -0.2) is 5.01 Å². The smallest absolute Gasteiger partial charge is 0.214 e. The second kappa shape index (κ2) is 6.87. The molecule has 0 spiro atoms. The second-order valence-electron chi connectivity index (χ2n) is 6.80. The molecule has 3 heterocycles. The molecule has 0 unspecified atom stereocenters. The molecule has 0 fully saturated rings. The standard InChI is InChI=1S/C22H20N2O3S/c1-2-26-20-9-5-7-16-18-12-17(15-6-3-4-8-19(15)25)23-24(18)22(27-21(16)20)14-10-11-28-13-14/h3-11,13,18,22,25H,2,12H2,1H3/t18-,22+/m0/s1. The number of benzene rings is 2. The maximum absolute atomic E-state index is 10.3. The van der Waals surface area contributed by atoms with Crippen LogP contribution in [0.1, 0.15) is 42.3 Å². The lowest BCUT2D eigenvalue weighted by Crippen LogP contribution is -2.33. The zero-order valence-corrected chi connectivity index (χ0v) is 16.2. The van der Waals surface area contributed by atoms with Gasteiger partial charge in [0.15, 0.2) is 11.5 Å². The highest BCUT2D eigenvalue weighted by atomic mass is 32.1.